The van der Waals surface area contributed by atoms with E-state index in [1.54, 1.807) is 19.1 Å². The van der Waals surface area contributed by atoms with Crippen LogP contribution in [0.2, 0.25) is 0 Å². The summed E-state index contributed by atoms with van der Waals surface area (Å²) in [6.45, 7) is 1.46. The summed E-state index contributed by atoms with van der Waals surface area (Å²) in [5.74, 6) is 0.206. The first-order valence-electron chi connectivity index (χ1n) is 9.34. The van der Waals surface area contributed by atoms with Crippen molar-refractivity contribution in [1.82, 2.24) is 5.43 Å². The monoisotopic (exact) mass is 403 g/mol. The van der Waals surface area contributed by atoms with E-state index in [4.69, 9.17) is 4.74 Å². The van der Waals surface area contributed by atoms with Crippen molar-refractivity contribution in [3.63, 3.8) is 0 Å². The predicted molar refractivity (Wildman–Crippen MR) is 115 cm³/mol. The number of nitrogens with one attached hydrogen (secondary N) is 1. The molecule has 1 N–H and O–H groups in total. The fourth-order valence-electron chi connectivity index (χ4n) is 2.86. The average molecular weight is 403 g/mol. The van der Waals surface area contributed by atoms with Crippen LogP contribution in [-0.4, -0.2) is 23.7 Å². The molecule has 3 aromatic carbocycles. The van der Waals surface area contributed by atoms with Crippen molar-refractivity contribution in [3.8, 4) is 5.75 Å². The summed E-state index contributed by atoms with van der Waals surface area (Å²) in [4.78, 5) is 22.6. The number of rotatable bonds is 8. The first-order chi connectivity index (χ1) is 14.5. The Kier molecular flexibility index (Phi) is 6.89. The molecule has 0 aliphatic heterocycles. The van der Waals surface area contributed by atoms with Crippen LogP contribution in [-0.2, 0) is 11.2 Å². The van der Waals surface area contributed by atoms with Gasteiger partial charge in [0.2, 0.25) is 0 Å². The Hall–Kier alpha value is -4.00. The molecule has 1 amide bonds. The molecule has 0 saturated carbocycles. The molecule has 0 aromatic heterocycles. The van der Waals surface area contributed by atoms with Gasteiger partial charge in [-0.15, -0.1) is 0 Å². The van der Waals surface area contributed by atoms with Gasteiger partial charge < -0.3 is 4.74 Å². The number of hydrogen-bond donors (Lipinski definition) is 1. The van der Waals surface area contributed by atoms with Crippen molar-refractivity contribution in [2.75, 3.05) is 6.61 Å². The molecule has 0 heterocycles. The maximum absolute atomic E-state index is 12.0. The Morgan fingerprint density at radius 2 is 1.83 bits per heavy atom. The third-order valence-electron chi connectivity index (χ3n) is 4.40. The van der Waals surface area contributed by atoms with Gasteiger partial charge in [0.25, 0.3) is 11.6 Å². The van der Waals surface area contributed by atoms with Gasteiger partial charge in [0.1, 0.15) is 5.75 Å². The Labute approximate surface area is 174 Å². The molecule has 152 valence electrons. The predicted octanol–water partition coefficient (Wildman–Crippen LogP) is 4.02. The summed E-state index contributed by atoms with van der Waals surface area (Å²) in [6.07, 6.45) is 2.05. The van der Waals surface area contributed by atoms with E-state index in [1.807, 2.05) is 54.6 Å². The Morgan fingerprint density at radius 1 is 1.10 bits per heavy atom. The summed E-state index contributed by atoms with van der Waals surface area (Å²) in [6, 6.07) is 22.3. The summed E-state index contributed by atoms with van der Waals surface area (Å²) in [5, 5.41) is 14.8. The zero-order valence-electron chi connectivity index (χ0n) is 16.4. The second-order valence-corrected chi connectivity index (χ2v) is 6.65. The second kappa shape index (κ2) is 9.97. The molecular formula is C23H21N3O4. The molecule has 3 rings (SSSR count). The summed E-state index contributed by atoms with van der Waals surface area (Å²) in [7, 11) is 0. The normalized spacial score (nSPS) is 10.7. The molecular weight excluding hydrogens is 382 g/mol. The number of amides is 1. The van der Waals surface area contributed by atoms with E-state index in [9.17, 15) is 14.9 Å². The molecule has 7 nitrogen and oxygen atoms in total. The number of benzene rings is 3. The molecule has 0 atom stereocenters. The van der Waals surface area contributed by atoms with Crippen LogP contribution in [0.4, 0.5) is 5.69 Å². The van der Waals surface area contributed by atoms with Crippen LogP contribution in [0.25, 0.3) is 0 Å². The van der Waals surface area contributed by atoms with Gasteiger partial charge in [-0.05, 0) is 24.1 Å². The number of ether oxygens (including phenoxy) is 1. The van der Waals surface area contributed by atoms with Crippen LogP contribution in [0.1, 0.15) is 22.3 Å². The SMILES string of the molecule is Cc1ccc(/C=N\NC(=O)COc2ccccc2Cc2ccccc2)cc1[N+](=O)[O-]. The quantitative estimate of drug-likeness (QED) is 0.349. The standard InChI is InChI=1S/C23H21N3O4/c1-17-11-12-19(14-21(17)26(28)29)15-24-25-23(27)16-30-22-10-6-5-9-20(22)13-18-7-3-2-4-8-18/h2-12,14-15H,13,16H2,1H3,(H,25,27)/b24-15-. The van der Waals surface area contributed by atoms with Crippen LogP contribution in [0.5, 0.6) is 5.75 Å². The van der Waals surface area contributed by atoms with Crippen LogP contribution in [0.15, 0.2) is 77.9 Å². The first-order valence-corrected chi connectivity index (χ1v) is 9.34. The van der Waals surface area contributed by atoms with Crippen molar-refractivity contribution >= 4 is 17.8 Å². The van der Waals surface area contributed by atoms with E-state index < -0.39 is 10.8 Å². The summed E-state index contributed by atoms with van der Waals surface area (Å²) in [5.41, 5.74) is 5.57. The van der Waals surface area contributed by atoms with Crippen molar-refractivity contribution < 1.29 is 14.5 Å². The highest BCUT2D eigenvalue weighted by atomic mass is 16.6. The van der Waals surface area contributed by atoms with Gasteiger partial charge in [0.15, 0.2) is 6.61 Å². The van der Waals surface area contributed by atoms with Crippen LogP contribution < -0.4 is 10.2 Å². The Balaban J connectivity index is 1.56. The largest absolute Gasteiger partial charge is 0.483 e. The minimum atomic E-state index is -0.452. The van der Waals surface area contributed by atoms with Crippen LogP contribution in [0, 0.1) is 17.0 Å². The number of hydrazone groups is 1. The molecule has 0 unspecified atom stereocenters. The van der Waals surface area contributed by atoms with Gasteiger partial charge in [-0.3, -0.25) is 14.9 Å². The lowest BCUT2D eigenvalue weighted by molar-refractivity contribution is -0.385. The first kappa shape index (κ1) is 20.7. The minimum Gasteiger partial charge on any atom is -0.483 e. The number of nitro benzene ring substituents is 1. The fourth-order valence-corrected chi connectivity index (χ4v) is 2.86. The third-order valence-corrected chi connectivity index (χ3v) is 4.40. The van der Waals surface area contributed by atoms with Crippen LogP contribution in [0.3, 0.4) is 0 Å². The molecule has 7 heteroatoms. The lowest BCUT2D eigenvalue weighted by atomic mass is 10.0. The average Bonchev–Trinajstić information content (AvgIpc) is 2.75. The molecule has 0 aliphatic carbocycles. The molecule has 0 radical (unpaired) electrons. The van der Waals surface area contributed by atoms with Gasteiger partial charge in [0, 0.05) is 23.6 Å². The Bertz CT molecular complexity index is 1070. The number of carbonyl (C=O) groups is 1. The van der Waals surface area contributed by atoms with Crippen molar-refractivity contribution in [1.29, 1.82) is 0 Å². The molecule has 30 heavy (non-hydrogen) atoms. The maximum Gasteiger partial charge on any atom is 0.277 e. The topological polar surface area (TPSA) is 93.8 Å². The molecule has 0 bridgehead atoms. The number of para-hydroxylation sites is 1. The number of aryl methyl sites for hydroxylation is 1. The van der Waals surface area contributed by atoms with Gasteiger partial charge in [0.05, 0.1) is 11.1 Å². The summed E-state index contributed by atoms with van der Waals surface area (Å²) < 4.78 is 5.66. The summed E-state index contributed by atoms with van der Waals surface area (Å²) >= 11 is 0. The Morgan fingerprint density at radius 3 is 2.60 bits per heavy atom. The number of nitro groups is 1. The highest BCUT2D eigenvalue weighted by Crippen LogP contribution is 2.21. The highest BCUT2D eigenvalue weighted by molar-refractivity contribution is 5.83. The fraction of sp³-hybridized carbons (Fsp3) is 0.130. The number of carbonyl (C=O) groups excluding carboxylic acids is 1. The van der Waals surface area contributed by atoms with Gasteiger partial charge >= 0.3 is 0 Å². The van der Waals surface area contributed by atoms with E-state index in [0.717, 1.165) is 11.1 Å². The van der Waals surface area contributed by atoms with E-state index >= 15 is 0 Å². The maximum atomic E-state index is 12.0. The van der Waals surface area contributed by atoms with Gasteiger partial charge in [-0.2, -0.15) is 5.10 Å². The van der Waals surface area contributed by atoms with Gasteiger partial charge in [-0.1, -0.05) is 60.7 Å². The van der Waals surface area contributed by atoms with Crippen molar-refractivity contribution in [2.45, 2.75) is 13.3 Å². The number of nitrogens with zero attached hydrogens (tertiary/aromatic N) is 2. The zero-order chi connectivity index (χ0) is 21.3. The van der Waals surface area contributed by atoms with E-state index in [1.165, 1.54) is 12.3 Å². The minimum absolute atomic E-state index is 0.00336. The van der Waals surface area contributed by atoms with Crippen molar-refractivity contribution in [2.24, 2.45) is 5.10 Å². The molecule has 0 aliphatic rings. The highest BCUT2D eigenvalue weighted by Gasteiger charge is 2.10. The molecule has 0 fully saturated rings. The van der Waals surface area contributed by atoms with E-state index in [0.29, 0.717) is 23.3 Å². The molecule has 0 spiro atoms. The van der Waals surface area contributed by atoms with E-state index in [-0.39, 0.29) is 12.3 Å². The second-order valence-electron chi connectivity index (χ2n) is 6.65. The van der Waals surface area contributed by atoms with Crippen molar-refractivity contribution in [3.05, 3.63) is 105 Å². The smallest absolute Gasteiger partial charge is 0.277 e. The lowest BCUT2D eigenvalue weighted by Gasteiger charge is -2.11. The third kappa shape index (κ3) is 5.75. The lowest BCUT2D eigenvalue weighted by Crippen LogP contribution is -2.24. The van der Waals surface area contributed by atoms with Crippen LogP contribution >= 0.6 is 0 Å². The zero-order valence-corrected chi connectivity index (χ0v) is 16.4. The number of hydrogen-bond acceptors (Lipinski definition) is 5. The molecule has 0 saturated heterocycles. The molecule has 3 aromatic rings. The van der Waals surface area contributed by atoms with Gasteiger partial charge in [-0.25, -0.2) is 5.43 Å². The van der Waals surface area contributed by atoms with E-state index in [2.05, 4.69) is 10.5 Å².